The summed E-state index contributed by atoms with van der Waals surface area (Å²) in [5, 5.41) is 5.77. The Morgan fingerprint density at radius 2 is 1.77 bits per heavy atom. The van der Waals surface area contributed by atoms with Crippen molar-refractivity contribution < 1.29 is 9.59 Å². The third-order valence-electron chi connectivity index (χ3n) is 3.61. The summed E-state index contributed by atoms with van der Waals surface area (Å²) >= 11 is 5.05. The Bertz CT molecular complexity index is 551. The van der Waals surface area contributed by atoms with E-state index in [0.29, 0.717) is 12.0 Å². The predicted octanol–water partition coefficient (Wildman–Crippen LogP) is 2.54. The van der Waals surface area contributed by atoms with Crippen molar-refractivity contribution in [2.24, 2.45) is 0 Å². The van der Waals surface area contributed by atoms with Gasteiger partial charge in [0.05, 0.1) is 0 Å². The van der Waals surface area contributed by atoms with Gasteiger partial charge in [-0.05, 0) is 55.7 Å². The minimum atomic E-state index is -0.130. The summed E-state index contributed by atoms with van der Waals surface area (Å²) in [7, 11) is 0. The molecule has 0 atom stereocenters. The van der Waals surface area contributed by atoms with Gasteiger partial charge in [-0.25, -0.2) is 0 Å². The van der Waals surface area contributed by atoms with Crippen LogP contribution >= 0.6 is 12.2 Å². The van der Waals surface area contributed by atoms with Crippen LogP contribution in [0.3, 0.4) is 0 Å². The van der Waals surface area contributed by atoms with Gasteiger partial charge in [0.25, 0.3) is 5.91 Å². The van der Waals surface area contributed by atoms with Crippen LogP contribution in [0.2, 0.25) is 0 Å². The molecule has 118 valence electrons. The minimum absolute atomic E-state index is 0.0770. The average Bonchev–Trinajstić information content (AvgIpc) is 2.55. The Morgan fingerprint density at radius 3 is 2.36 bits per heavy atom. The molecule has 0 spiro atoms. The quantitative estimate of drug-likeness (QED) is 0.841. The monoisotopic (exact) mass is 319 g/mol. The molecule has 2 rings (SSSR count). The van der Waals surface area contributed by atoms with Crippen LogP contribution < -0.4 is 10.6 Å². The van der Waals surface area contributed by atoms with Gasteiger partial charge in [-0.2, -0.15) is 0 Å². The SMILES string of the molecule is CCC(=O)NC(=S)Nc1ccc(C(=O)N2CCCCC2)cc1. The molecule has 0 bridgehead atoms. The number of carbonyl (C=O) groups is 2. The molecule has 2 N–H and O–H groups in total. The number of amides is 2. The molecule has 1 aromatic rings. The van der Waals surface area contributed by atoms with Gasteiger partial charge >= 0.3 is 0 Å². The van der Waals surface area contributed by atoms with Crippen LogP contribution in [0.25, 0.3) is 0 Å². The zero-order valence-electron chi connectivity index (χ0n) is 12.7. The van der Waals surface area contributed by atoms with Crippen molar-refractivity contribution in [2.75, 3.05) is 18.4 Å². The van der Waals surface area contributed by atoms with E-state index < -0.39 is 0 Å². The molecule has 1 aliphatic rings. The van der Waals surface area contributed by atoms with Crippen LogP contribution in [0.4, 0.5) is 5.69 Å². The second-order valence-electron chi connectivity index (χ2n) is 5.29. The normalized spacial score (nSPS) is 14.3. The van der Waals surface area contributed by atoms with Crippen LogP contribution in [0, 0.1) is 0 Å². The summed E-state index contributed by atoms with van der Waals surface area (Å²) in [5.41, 5.74) is 1.42. The molecule has 0 radical (unpaired) electrons. The zero-order valence-corrected chi connectivity index (χ0v) is 13.5. The first-order valence-electron chi connectivity index (χ1n) is 7.60. The fraction of sp³-hybridized carbons (Fsp3) is 0.438. The molecule has 6 heteroatoms. The van der Waals surface area contributed by atoms with Crippen molar-refractivity contribution in [3.05, 3.63) is 29.8 Å². The van der Waals surface area contributed by atoms with Crippen molar-refractivity contribution in [3.63, 3.8) is 0 Å². The van der Waals surface area contributed by atoms with Gasteiger partial charge < -0.3 is 15.5 Å². The molecule has 2 amide bonds. The first-order valence-corrected chi connectivity index (χ1v) is 8.01. The van der Waals surface area contributed by atoms with E-state index in [2.05, 4.69) is 10.6 Å². The predicted molar refractivity (Wildman–Crippen MR) is 90.9 cm³/mol. The summed E-state index contributed by atoms with van der Waals surface area (Å²) in [5.74, 6) is -0.0532. The third-order valence-corrected chi connectivity index (χ3v) is 3.81. The second-order valence-corrected chi connectivity index (χ2v) is 5.69. The molecule has 1 aliphatic heterocycles. The highest BCUT2D eigenvalue weighted by Gasteiger charge is 2.17. The van der Waals surface area contributed by atoms with Gasteiger partial charge in [0.15, 0.2) is 5.11 Å². The lowest BCUT2D eigenvalue weighted by atomic mass is 10.1. The molecule has 1 saturated heterocycles. The van der Waals surface area contributed by atoms with E-state index in [0.717, 1.165) is 31.6 Å². The number of hydrogen-bond acceptors (Lipinski definition) is 3. The van der Waals surface area contributed by atoms with E-state index in [1.165, 1.54) is 6.42 Å². The van der Waals surface area contributed by atoms with Gasteiger partial charge in [-0.3, -0.25) is 9.59 Å². The number of benzene rings is 1. The molecule has 0 unspecified atom stereocenters. The first-order chi connectivity index (χ1) is 10.6. The zero-order chi connectivity index (χ0) is 15.9. The molecule has 1 heterocycles. The fourth-order valence-electron chi connectivity index (χ4n) is 2.35. The van der Waals surface area contributed by atoms with Crippen LogP contribution in [-0.2, 0) is 4.79 Å². The highest BCUT2D eigenvalue weighted by Crippen LogP contribution is 2.15. The Labute approximate surface area is 136 Å². The van der Waals surface area contributed by atoms with Gasteiger partial charge in [-0.15, -0.1) is 0 Å². The van der Waals surface area contributed by atoms with E-state index in [1.54, 1.807) is 31.2 Å². The number of anilines is 1. The molecule has 0 saturated carbocycles. The molecule has 22 heavy (non-hydrogen) atoms. The maximum atomic E-state index is 12.3. The number of likely N-dealkylation sites (tertiary alicyclic amines) is 1. The van der Waals surface area contributed by atoms with Gasteiger partial charge in [0.1, 0.15) is 0 Å². The highest BCUT2D eigenvalue weighted by molar-refractivity contribution is 7.80. The topological polar surface area (TPSA) is 61.4 Å². The van der Waals surface area contributed by atoms with Crippen molar-refractivity contribution >= 4 is 34.8 Å². The van der Waals surface area contributed by atoms with Crippen LogP contribution in [0.1, 0.15) is 43.0 Å². The number of thiocarbonyl (C=S) groups is 1. The molecule has 1 aromatic carbocycles. The largest absolute Gasteiger partial charge is 0.339 e. The summed E-state index contributed by atoms with van der Waals surface area (Å²) < 4.78 is 0. The number of nitrogens with one attached hydrogen (secondary N) is 2. The van der Waals surface area contributed by atoms with Crippen molar-refractivity contribution in [3.8, 4) is 0 Å². The highest BCUT2D eigenvalue weighted by atomic mass is 32.1. The third kappa shape index (κ3) is 4.53. The molecule has 0 aromatic heterocycles. The Kier molecular flexibility index (Phi) is 5.89. The van der Waals surface area contributed by atoms with E-state index in [1.807, 2.05) is 4.90 Å². The maximum Gasteiger partial charge on any atom is 0.253 e. The lowest BCUT2D eigenvalue weighted by Gasteiger charge is -2.26. The van der Waals surface area contributed by atoms with E-state index in [9.17, 15) is 9.59 Å². The summed E-state index contributed by atoms with van der Waals surface area (Å²) in [6.45, 7) is 3.44. The second kappa shape index (κ2) is 7.89. The average molecular weight is 319 g/mol. The van der Waals surface area contributed by atoms with E-state index >= 15 is 0 Å². The summed E-state index contributed by atoms with van der Waals surface area (Å²) in [6.07, 6.45) is 3.74. The lowest BCUT2D eigenvalue weighted by molar-refractivity contribution is -0.119. The summed E-state index contributed by atoms with van der Waals surface area (Å²) in [6, 6.07) is 7.15. The fourth-order valence-corrected chi connectivity index (χ4v) is 2.58. The number of piperidine rings is 1. The Hall–Kier alpha value is -1.95. The standard InChI is InChI=1S/C16H21N3O2S/c1-2-14(20)18-16(22)17-13-8-6-12(7-9-13)15(21)19-10-4-3-5-11-19/h6-9H,2-5,10-11H2,1H3,(H2,17,18,20,22). The first kappa shape index (κ1) is 16.4. The van der Waals surface area contributed by atoms with Crippen LogP contribution in [0.5, 0.6) is 0 Å². The number of hydrogen-bond donors (Lipinski definition) is 2. The molecule has 5 nitrogen and oxygen atoms in total. The van der Waals surface area contributed by atoms with Crippen LogP contribution in [0.15, 0.2) is 24.3 Å². The number of carbonyl (C=O) groups excluding carboxylic acids is 2. The van der Waals surface area contributed by atoms with Gasteiger partial charge in [0.2, 0.25) is 5.91 Å². The molecule has 1 fully saturated rings. The summed E-state index contributed by atoms with van der Waals surface area (Å²) in [4.78, 5) is 25.5. The number of nitrogens with zero attached hydrogens (tertiary/aromatic N) is 1. The minimum Gasteiger partial charge on any atom is -0.339 e. The Morgan fingerprint density at radius 1 is 1.14 bits per heavy atom. The van der Waals surface area contributed by atoms with Crippen molar-refractivity contribution in [1.82, 2.24) is 10.2 Å². The van der Waals surface area contributed by atoms with Crippen LogP contribution in [-0.4, -0.2) is 34.9 Å². The van der Waals surface area contributed by atoms with Gasteiger partial charge in [0, 0.05) is 30.8 Å². The molecular formula is C16H21N3O2S. The molecular weight excluding hydrogens is 298 g/mol. The van der Waals surface area contributed by atoms with Gasteiger partial charge in [-0.1, -0.05) is 6.92 Å². The Balaban J connectivity index is 1.93. The smallest absolute Gasteiger partial charge is 0.253 e. The maximum absolute atomic E-state index is 12.3. The number of rotatable bonds is 3. The van der Waals surface area contributed by atoms with E-state index in [4.69, 9.17) is 12.2 Å². The van der Waals surface area contributed by atoms with Crippen molar-refractivity contribution in [1.29, 1.82) is 0 Å². The van der Waals surface area contributed by atoms with Crippen molar-refractivity contribution in [2.45, 2.75) is 32.6 Å². The molecule has 0 aliphatic carbocycles. The lowest BCUT2D eigenvalue weighted by Crippen LogP contribution is -2.35. The van der Waals surface area contributed by atoms with E-state index in [-0.39, 0.29) is 16.9 Å².